The molecule has 0 aromatic heterocycles. The molecule has 5 saturated carbocycles. The molecule has 0 radical (unpaired) electrons. The van der Waals surface area contributed by atoms with E-state index in [0.717, 1.165) is 88.9 Å². The lowest BCUT2D eigenvalue weighted by Crippen LogP contribution is -2.66. The van der Waals surface area contributed by atoms with Crippen LogP contribution >= 0.6 is 0 Å². The average Bonchev–Trinajstić information content (AvgIpc) is 1.27. The van der Waals surface area contributed by atoms with E-state index in [4.69, 9.17) is 23.7 Å². The van der Waals surface area contributed by atoms with Crippen LogP contribution in [0.15, 0.2) is 0 Å². The van der Waals surface area contributed by atoms with E-state index in [-0.39, 0.29) is 88.9 Å². The van der Waals surface area contributed by atoms with Crippen LogP contribution in [0.4, 0.5) is 0 Å². The highest BCUT2D eigenvalue weighted by Crippen LogP contribution is 2.36. The van der Waals surface area contributed by atoms with Crippen molar-refractivity contribution in [2.45, 2.75) is 753 Å². The molecule has 11 N–H and O–H groups in total. The molecule has 11 rings (SSSR count). The van der Waals surface area contributed by atoms with E-state index in [2.05, 4.69) is 545 Å². The number of nitrogens with one attached hydrogen (secondary N) is 11. The van der Waals surface area contributed by atoms with E-state index in [1.165, 1.54) is 90.9 Å². The van der Waals surface area contributed by atoms with Crippen molar-refractivity contribution in [1.82, 2.24) is 87.9 Å². The van der Waals surface area contributed by atoms with Gasteiger partial charge in [0.25, 0.3) is 0 Å². The Morgan fingerprint density at radius 2 is 0.253 bits per heavy atom. The van der Waals surface area contributed by atoms with Gasteiger partial charge >= 0.3 is 0 Å². The molecule has 6 heterocycles. The molecule has 0 unspecified atom stereocenters. The number of rotatable bonds is 16. The lowest BCUT2D eigenvalue weighted by molar-refractivity contribution is -0.144. The van der Waals surface area contributed by atoms with E-state index >= 15 is 0 Å². The standard InChI is InChI=1S/4C12H26N2.3C12H25NO.2C11H24N2.2C11H23NO/c2*1-11(2,3)13-9-7-10(8-9)14-12(4,5)6;2*1-11(2,3)13-10-7-8-14(9-10)12(4,5)6;3*1-11(2,3)13-9-7-10(8-9)14-12(4,5)6;2*1-10(2,3)12-9-7-13(8-9)11(4,5)6;2*1-10(2,3)12-7-9(8-12)13-11(4,5)6/h2*9-10,13-14H,7-8H2,1-6H3;2*10,13H,7-9H2,1-6H3;3*9-10,13H,7-8H2,1-6H3;2*9,12H,7-8H2,1-6H3;2*9H,7-8H2,1-6H3/t;;2*10-;;;;;;;/m..10......./s1. The molecule has 0 amide bonds. The lowest BCUT2D eigenvalue weighted by Gasteiger charge is -2.49. The van der Waals surface area contributed by atoms with Crippen molar-refractivity contribution >= 4 is 0 Å². The molecule has 0 spiro atoms. The van der Waals surface area contributed by atoms with Crippen molar-refractivity contribution < 1.29 is 23.7 Å². The van der Waals surface area contributed by atoms with Crippen LogP contribution in [-0.2, 0) is 23.7 Å². The van der Waals surface area contributed by atoms with Crippen molar-refractivity contribution in [2.75, 3.05) is 78.5 Å². The first-order valence-electron chi connectivity index (χ1n) is 60.3. The molecule has 6 aliphatic heterocycles. The maximum Gasteiger partial charge on any atom is 0.0836 e. The van der Waals surface area contributed by atoms with Gasteiger partial charge in [-0.3, -0.25) is 29.4 Å². The molecule has 2 atom stereocenters. The Bertz CT molecular complexity index is 3030. The second-order valence-electron chi connectivity index (χ2n) is 69.7. The van der Waals surface area contributed by atoms with E-state index < -0.39 is 0 Å². The fourth-order valence-corrected chi connectivity index (χ4v) is 20.6. The smallest absolute Gasteiger partial charge is 0.0836 e. The van der Waals surface area contributed by atoms with Crippen LogP contribution in [0.3, 0.4) is 0 Å². The fourth-order valence-electron chi connectivity index (χ4n) is 20.6. The largest absolute Gasteiger partial charge is 0.373 e. The molecular formula is C128H273N17O5. The maximum atomic E-state index is 5.88. The predicted molar refractivity (Wildman–Crippen MR) is 660 cm³/mol. The summed E-state index contributed by atoms with van der Waals surface area (Å²) in [5.74, 6) is 0. The second kappa shape index (κ2) is 57.0. The molecule has 22 heteroatoms. The summed E-state index contributed by atoms with van der Waals surface area (Å²) in [7, 11) is 0. The van der Waals surface area contributed by atoms with Gasteiger partial charge in [0.05, 0.1) is 58.5 Å². The van der Waals surface area contributed by atoms with Gasteiger partial charge in [0.2, 0.25) is 0 Å². The first kappa shape index (κ1) is 147. The first-order valence-corrected chi connectivity index (χ1v) is 60.3. The van der Waals surface area contributed by atoms with Crippen molar-refractivity contribution in [2.24, 2.45) is 0 Å². The first-order chi connectivity index (χ1) is 65.9. The number of hydrogen-bond donors (Lipinski definition) is 11. The van der Waals surface area contributed by atoms with E-state index in [0.29, 0.717) is 106 Å². The van der Waals surface area contributed by atoms with Crippen LogP contribution in [0.2, 0.25) is 0 Å². The summed E-state index contributed by atoms with van der Waals surface area (Å²) in [6.07, 6.45) is 16.9. The summed E-state index contributed by atoms with van der Waals surface area (Å²) >= 11 is 0. The number of likely N-dealkylation sites (tertiary alicyclic amines) is 6. The third-order valence-electron chi connectivity index (χ3n) is 26.7. The van der Waals surface area contributed by atoms with Crippen LogP contribution in [0.25, 0.3) is 0 Å². The van der Waals surface area contributed by atoms with Crippen LogP contribution in [0.1, 0.15) is 534 Å². The molecule has 0 bridgehead atoms. The Labute approximate surface area is 937 Å². The minimum Gasteiger partial charge on any atom is -0.373 e. The highest BCUT2D eigenvalue weighted by Gasteiger charge is 2.45. The second-order valence-corrected chi connectivity index (χ2v) is 69.7. The van der Waals surface area contributed by atoms with Crippen molar-refractivity contribution in [3.8, 4) is 0 Å². The van der Waals surface area contributed by atoms with Crippen LogP contribution < -0.4 is 58.5 Å². The average molecular weight is 2130 g/mol. The van der Waals surface area contributed by atoms with Gasteiger partial charge < -0.3 is 82.2 Å². The van der Waals surface area contributed by atoms with Crippen molar-refractivity contribution in [3.05, 3.63) is 0 Å². The summed E-state index contributed by atoms with van der Waals surface area (Å²) in [6, 6.07) is 7.57. The summed E-state index contributed by atoms with van der Waals surface area (Å²) in [6.45, 7) is 160. The van der Waals surface area contributed by atoms with Gasteiger partial charge in [-0.2, -0.15) is 0 Å². The topological polar surface area (TPSA) is 198 Å². The summed E-state index contributed by atoms with van der Waals surface area (Å²) < 4.78 is 29.3. The monoisotopic (exact) mass is 2130 g/mol. The Kier molecular flexibility index (Phi) is 55.9. The Morgan fingerprint density at radius 1 is 0.133 bits per heavy atom. The number of nitrogens with zero attached hydrogens (tertiary/aromatic N) is 6. The normalized spacial score (nSPS) is 25.7. The zero-order valence-corrected chi connectivity index (χ0v) is 113. The van der Waals surface area contributed by atoms with Gasteiger partial charge in [-0.15, -0.1) is 0 Å². The lowest BCUT2D eigenvalue weighted by atomic mass is 9.83. The molecular weight excluding hydrogens is 1860 g/mol. The number of hydrogen-bond acceptors (Lipinski definition) is 22. The predicted octanol–water partition coefficient (Wildman–Crippen LogP) is 25.5. The minimum atomic E-state index is 0.00857. The van der Waals surface area contributed by atoms with E-state index in [9.17, 15) is 0 Å². The van der Waals surface area contributed by atoms with Gasteiger partial charge in [0, 0.05) is 239 Å². The van der Waals surface area contributed by atoms with Crippen molar-refractivity contribution in [1.29, 1.82) is 0 Å². The van der Waals surface area contributed by atoms with Crippen LogP contribution in [0.5, 0.6) is 0 Å². The molecule has 0 aromatic carbocycles. The summed E-state index contributed by atoms with van der Waals surface area (Å²) in [5, 5.41) is 39.9. The molecule has 5 aliphatic carbocycles. The molecule has 11 aliphatic rings. The molecule has 6 saturated heterocycles. The molecule has 900 valence electrons. The summed E-state index contributed by atoms with van der Waals surface area (Å²) in [4.78, 5) is 15.0. The van der Waals surface area contributed by atoms with E-state index in [1.54, 1.807) is 0 Å². The van der Waals surface area contributed by atoms with Gasteiger partial charge in [-0.25, -0.2) is 0 Å². The van der Waals surface area contributed by atoms with Gasteiger partial charge in [-0.05, 0) is 534 Å². The highest BCUT2D eigenvalue weighted by atomic mass is 16.5. The third kappa shape index (κ3) is 74.7. The fraction of sp³-hybridized carbons (Fsp3) is 1.00. The van der Waals surface area contributed by atoms with Gasteiger partial charge in [-0.1, -0.05) is 0 Å². The Balaban J connectivity index is 0.000000825. The van der Waals surface area contributed by atoms with Gasteiger partial charge in [0.15, 0.2) is 0 Å². The SMILES string of the molecule is CC(C)(C)NC1CC(NC(C)(C)C)C1.CC(C)(C)NC1CC(NC(C)(C)C)C1.CC(C)(C)NC1CC(OC(C)(C)C)C1.CC(C)(C)NC1CC(OC(C)(C)C)C1.CC(C)(C)NC1CC(OC(C)(C)C)C1.CC(C)(C)NC1CN(C(C)(C)C)C1.CC(C)(C)NC1CN(C(C)(C)C)C1.CC(C)(C)N[C@@H]1CCN(C(C)(C)C)C1.CC(C)(C)N[C@H]1CCN(C(C)(C)C)C1.CC(C)(C)OC1CN(C(C)(C)C)C1.CC(C)(C)OC1CN(C(C)(C)C)C1. The van der Waals surface area contributed by atoms with Crippen LogP contribution in [0, 0.1) is 0 Å². The molecule has 0 aromatic rings. The molecule has 22 nitrogen and oxygen atoms in total. The van der Waals surface area contributed by atoms with Crippen molar-refractivity contribution in [3.63, 3.8) is 0 Å². The number of ether oxygens (including phenoxy) is 5. The zero-order valence-electron chi connectivity index (χ0n) is 113. The quantitative estimate of drug-likeness (QED) is 0.0697. The summed E-state index contributed by atoms with van der Waals surface area (Å²) in [5.41, 5.74) is 4.76. The zero-order chi connectivity index (χ0) is 118. The van der Waals surface area contributed by atoms with Gasteiger partial charge in [0.1, 0.15) is 0 Å². The van der Waals surface area contributed by atoms with E-state index in [1.807, 2.05) is 0 Å². The maximum absolute atomic E-state index is 5.88. The third-order valence-corrected chi connectivity index (χ3v) is 26.7. The minimum absolute atomic E-state index is 0.00857. The molecule has 150 heavy (non-hydrogen) atoms. The Morgan fingerprint density at radius 3 is 0.387 bits per heavy atom. The van der Waals surface area contributed by atoms with Crippen LogP contribution in [-0.4, -0.2) is 327 Å². The highest BCUT2D eigenvalue weighted by molar-refractivity contribution is 5.03. The Hall–Kier alpha value is -0.880. The molecule has 11 fully saturated rings.